The van der Waals surface area contributed by atoms with Gasteiger partial charge in [-0.15, -0.1) is 0 Å². The molecule has 4 atom stereocenters. The molecule has 0 radical (unpaired) electrons. The number of ether oxygens (including phenoxy) is 1. The molecule has 2 aromatic rings. The van der Waals surface area contributed by atoms with Crippen LogP contribution in [-0.4, -0.2) is 24.3 Å². The first-order valence-electron chi connectivity index (χ1n) is 9.40. The van der Waals surface area contributed by atoms with Crippen LogP contribution in [-0.2, 0) is 19.3 Å². The van der Waals surface area contributed by atoms with Crippen LogP contribution in [0.1, 0.15) is 44.1 Å². The molecule has 1 heterocycles. The summed E-state index contributed by atoms with van der Waals surface area (Å²) in [7, 11) is 0. The third kappa shape index (κ3) is 3.67. The van der Waals surface area contributed by atoms with E-state index in [1.54, 1.807) is 6.08 Å². The molecule has 0 spiro atoms. The van der Waals surface area contributed by atoms with Crippen molar-refractivity contribution in [3.05, 3.63) is 60.2 Å². The van der Waals surface area contributed by atoms with Crippen molar-refractivity contribution in [2.45, 2.75) is 56.8 Å². The van der Waals surface area contributed by atoms with Gasteiger partial charge in [0.25, 0.3) is 0 Å². The van der Waals surface area contributed by atoms with Crippen molar-refractivity contribution >= 4 is 16.7 Å². The number of carbonyl (C=O) groups is 1. The maximum absolute atomic E-state index is 12.5. The van der Waals surface area contributed by atoms with Crippen molar-refractivity contribution < 1.29 is 19.3 Å². The minimum Gasteiger partial charge on any atom is -0.459 e. The van der Waals surface area contributed by atoms with Gasteiger partial charge in [-0.05, 0) is 48.6 Å². The van der Waals surface area contributed by atoms with Crippen LogP contribution in [0, 0.1) is 0 Å². The van der Waals surface area contributed by atoms with Crippen molar-refractivity contribution in [1.29, 1.82) is 0 Å². The van der Waals surface area contributed by atoms with Crippen LogP contribution in [0.4, 0.5) is 0 Å². The predicted molar refractivity (Wildman–Crippen MR) is 99.6 cm³/mol. The normalized spacial score (nSPS) is 28.8. The number of benzene rings is 2. The predicted octanol–water partition coefficient (Wildman–Crippen LogP) is 4.68. The zero-order valence-electron chi connectivity index (χ0n) is 15.0. The van der Waals surface area contributed by atoms with E-state index in [4.69, 9.17) is 14.5 Å². The maximum atomic E-state index is 12.5. The molecule has 136 valence electrons. The number of rotatable bonds is 3. The van der Waals surface area contributed by atoms with E-state index in [0.29, 0.717) is 0 Å². The van der Waals surface area contributed by atoms with Gasteiger partial charge in [-0.2, -0.15) is 0 Å². The van der Waals surface area contributed by atoms with Crippen LogP contribution in [0.5, 0.6) is 0 Å². The zero-order chi connectivity index (χ0) is 17.9. The van der Waals surface area contributed by atoms with E-state index in [-0.39, 0.29) is 24.1 Å². The van der Waals surface area contributed by atoms with Gasteiger partial charge in [0.15, 0.2) is 0 Å². The van der Waals surface area contributed by atoms with Gasteiger partial charge >= 0.3 is 5.97 Å². The quantitative estimate of drug-likeness (QED) is 0.457. The van der Waals surface area contributed by atoms with Gasteiger partial charge in [0.2, 0.25) is 6.10 Å². The summed E-state index contributed by atoms with van der Waals surface area (Å²) < 4.78 is 5.85. The lowest BCUT2D eigenvalue weighted by Crippen LogP contribution is -2.35. The zero-order valence-corrected chi connectivity index (χ0v) is 15.0. The molecule has 0 aromatic heterocycles. The maximum Gasteiger partial charge on any atom is 0.343 e. The van der Waals surface area contributed by atoms with Crippen LogP contribution in [0.25, 0.3) is 10.8 Å². The fourth-order valence-corrected chi connectivity index (χ4v) is 3.86. The molecule has 1 saturated carbocycles. The van der Waals surface area contributed by atoms with Crippen molar-refractivity contribution in [2.75, 3.05) is 0 Å². The highest BCUT2D eigenvalue weighted by Crippen LogP contribution is 2.36. The van der Waals surface area contributed by atoms with Crippen molar-refractivity contribution in [1.82, 2.24) is 0 Å². The first-order chi connectivity index (χ1) is 12.7. The highest BCUT2D eigenvalue weighted by Gasteiger charge is 2.33. The number of fused-ring (bicyclic) bond motifs is 1. The van der Waals surface area contributed by atoms with E-state index < -0.39 is 6.10 Å². The molecule has 0 saturated heterocycles. The summed E-state index contributed by atoms with van der Waals surface area (Å²) in [5.74, 6) is -0.143. The average molecular weight is 352 g/mol. The van der Waals surface area contributed by atoms with Crippen LogP contribution in [0.2, 0.25) is 0 Å². The van der Waals surface area contributed by atoms with Crippen LogP contribution in [0.15, 0.2) is 54.6 Å². The van der Waals surface area contributed by atoms with Gasteiger partial charge in [-0.3, -0.25) is 0 Å². The number of esters is 1. The van der Waals surface area contributed by atoms with Crippen molar-refractivity contribution in [3.63, 3.8) is 0 Å². The van der Waals surface area contributed by atoms with E-state index in [0.717, 1.165) is 25.7 Å². The summed E-state index contributed by atoms with van der Waals surface area (Å²) in [6, 6.07) is 14.9. The Balaban J connectivity index is 1.52. The van der Waals surface area contributed by atoms with Crippen LogP contribution in [0.3, 0.4) is 0 Å². The third-order valence-corrected chi connectivity index (χ3v) is 5.27. The van der Waals surface area contributed by atoms with Gasteiger partial charge in [-0.1, -0.05) is 55.0 Å². The molecule has 0 unspecified atom stereocenters. The molecule has 1 fully saturated rings. The van der Waals surface area contributed by atoms with E-state index >= 15 is 0 Å². The number of hydrogen-bond acceptors (Lipinski definition) is 4. The van der Waals surface area contributed by atoms with E-state index in [9.17, 15) is 4.79 Å². The van der Waals surface area contributed by atoms with Gasteiger partial charge in [-0.25, -0.2) is 14.6 Å². The Hall–Kier alpha value is -2.17. The Labute approximate surface area is 153 Å². The fourth-order valence-electron chi connectivity index (χ4n) is 3.86. The second-order valence-corrected chi connectivity index (χ2v) is 7.18. The highest BCUT2D eigenvalue weighted by molar-refractivity contribution is 5.83. The van der Waals surface area contributed by atoms with Gasteiger partial charge in [0.1, 0.15) is 12.2 Å². The molecule has 4 nitrogen and oxygen atoms in total. The Morgan fingerprint density at radius 3 is 2.62 bits per heavy atom. The molecular formula is C22H24O4. The summed E-state index contributed by atoms with van der Waals surface area (Å²) in [5.41, 5.74) is 1.24. The largest absolute Gasteiger partial charge is 0.459 e. The lowest BCUT2D eigenvalue weighted by molar-refractivity contribution is -0.333. The molecule has 0 amide bonds. The first-order valence-corrected chi connectivity index (χ1v) is 9.40. The van der Waals surface area contributed by atoms with Gasteiger partial charge in [0.05, 0.1) is 0 Å². The Morgan fingerprint density at radius 2 is 1.81 bits per heavy atom. The van der Waals surface area contributed by atoms with E-state index in [2.05, 4.69) is 36.4 Å². The smallest absolute Gasteiger partial charge is 0.343 e. The van der Waals surface area contributed by atoms with Crippen molar-refractivity contribution in [3.8, 4) is 0 Å². The lowest BCUT2D eigenvalue weighted by atomic mass is 9.81. The second kappa shape index (κ2) is 7.60. The molecule has 26 heavy (non-hydrogen) atoms. The van der Waals surface area contributed by atoms with E-state index in [1.165, 1.54) is 16.3 Å². The lowest BCUT2D eigenvalue weighted by Gasteiger charge is -2.32. The fraction of sp³-hybridized carbons (Fsp3) is 0.409. The van der Waals surface area contributed by atoms with E-state index in [1.807, 2.05) is 19.1 Å². The van der Waals surface area contributed by atoms with Gasteiger partial charge in [0, 0.05) is 5.92 Å². The minimum absolute atomic E-state index is 0.117. The second-order valence-electron chi connectivity index (χ2n) is 7.18. The molecule has 2 aromatic carbocycles. The standard InChI is InChI=1S/C22H24O4/c1-15-10-13-21(26-25-15)22(23)24-20-9-5-4-8-19(20)18-12-11-16-6-2-3-7-17(16)14-18/h2-3,6-7,10-15,19-21H,4-5,8-9H2,1H3/t15-,19+,20-,21-/m0/s1. The Kier molecular flexibility index (Phi) is 5.05. The van der Waals surface area contributed by atoms with Crippen LogP contribution < -0.4 is 0 Å². The average Bonchev–Trinajstić information content (AvgIpc) is 2.68. The van der Waals surface area contributed by atoms with Gasteiger partial charge < -0.3 is 4.74 Å². The molecular weight excluding hydrogens is 328 g/mol. The number of carbonyl (C=O) groups excluding carboxylic acids is 1. The van der Waals surface area contributed by atoms with Crippen molar-refractivity contribution in [2.24, 2.45) is 0 Å². The molecule has 4 rings (SSSR count). The third-order valence-electron chi connectivity index (χ3n) is 5.27. The molecule has 2 aliphatic rings. The monoisotopic (exact) mass is 352 g/mol. The Morgan fingerprint density at radius 1 is 1.00 bits per heavy atom. The molecule has 1 aliphatic heterocycles. The highest BCUT2D eigenvalue weighted by atomic mass is 17.2. The first kappa shape index (κ1) is 17.3. The molecule has 0 N–H and O–H groups in total. The van der Waals surface area contributed by atoms with Crippen LogP contribution >= 0.6 is 0 Å². The molecule has 4 heteroatoms. The number of hydrogen-bond donors (Lipinski definition) is 0. The summed E-state index contributed by atoms with van der Waals surface area (Å²) in [4.78, 5) is 22.7. The summed E-state index contributed by atoms with van der Waals surface area (Å²) >= 11 is 0. The molecule has 0 bridgehead atoms. The SMILES string of the molecule is C[C@H]1C=C[C@@H](C(=O)O[C@H]2CCCC[C@@H]2c2ccc3ccccc3c2)OO1. The molecule has 1 aliphatic carbocycles. The topological polar surface area (TPSA) is 44.8 Å². The summed E-state index contributed by atoms with van der Waals surface area (Å²) in [6.07, 6.45) is 6.66. The summed E-state index contributed by atoms with van der Waals surface area (Å²) in [5, 5.41) is 2.45. The minimum atomic E-state index is -0.773. The summed E-state index contributed by atoms with van der Waals surface area (Å²) in [6.45, 7) is 1.86. The Bertz CT molecular complexity index is 813.